The van der Waals surface area contributed by atoms with E-state index in [0.717, 1.165) is 10.0 Å². The van der Waals surface area contributed by atoms with E-state index in [1.807, 2.05) is 39.0 Å². The number of carbonyl (C=O) groups excluding carboxylic acids is 1. The molecule has 0 radical (unpaired) electrons. The number of amides is 1. The Kier molecular flexibility index (Phi) is 5.15. The normalized spacial score (nSPS) is 10.7. The third-order valence-electron chi connectivity index (χ3n) is 2.58. The third kappa shape index (κ3) is 3.54. The molecular weight excluding hydrogens is 282 g/mol. The van der Waals surface area contributed by atoms with Crippen molar-refractivity contribution in [1.82, 2.24) is 4.90 Å². The lowest BCUT2D eigenvalue weighted by molar-refractivity contribution is 0.0664. The molecule has 94 valence electrons. The van der Waals surface area contributed by atoms with E-state index < -0.39 is 0 Å². The van der Waals surface area contributed by atoms with Crippen LogP contribution in [0.4, 0.5) is 0 Å². The summed E-state index contributed by atoms with van der Waals surface area (Å²) in [5.74, 6) is -0.0547. The van der Waals surface area contributed by atoms with Crippen molar-refractivity contribution in [1.29, 1.82) is 0 Å². The second-order valence-electron chi connectivity index (χ2n) is 4.30. The van der Waals surface area contributed by atoms with E-state index in [-0.39, 0.29) is 18.6 Å². The van der Waals surface area contributed by atoms with E-state index in [1.54, 1.807) is 4.90 Å². The highest BCUT2D eigenvalue weighted by atomic mass is 79.9. The Morgan fingerprint density at radius 1 is 1.47 bits per heavy atom. The molecule has 0 aliphatic heterocycles. The Morgan fingerprint density at radius 3 is 2.59 bits per heavy atom. The van der Waals surface area contributed by atoms with Crippen LogP contribution in [0.15, 0.2) is 22.7 Å². The van der Waals surface area contributed by atoms with Gasteiger partial charge in [0, 0.05) is 17.1 Å². The van der Waals surface area contributed by atoms with Crippen molar-refractivity contribution in [2.75, 3.05) is 13.2 Å². The van der Waals surface area contributed by atoms with E-state index in [0.29, 0.717) is 12.1 Å². The van der Waals surface area contributed by atoms with E-state index in [9.17, 15) is 4.79 Å². The molecular formula is C13H18BrNO2. The zero-order chi connectivity index (χ0) is 13.0. The average molecular weight is 300 g/mol. The Bertz CT molecular complexity index is 404. The predicted octanol–water partition coefficient (Wildman–Crippen LogP) is 2.60. The van der Waals surface area contributed by atoms with Gasteiger partial charge in [0.15, 0.2) is 0 Å². The molecule has 1 rings (SSSR count). The highest BCUT2D eigenvalue weighted by Gasteiger charge is 2.20. The van der Waals surface area contributed by atoms with Crippen LogP contribution in [0.2, 0.25) is 0 Å². The van der Waals surface area contributed by atoms with Gasteiger partial charge in [0.05, 0.1) is 12.2 Å². The Hall–Kier alpha value is -0.870. The van der Waals surface area contributed by atoms with Gasteiger partial charge in [-0.15, -0.1) is 0 Å². The van der Waals surface area contributed by atoms with Crippen LogP contribution in [-0.2, 0) is 0 Å². The van der Waals surface area contributed by atoms with Crippen LogP contribution in [0.5, 0.6) is 0 Å². The minimum Gasteiger partial charge on any atom is -0.395 e. The van der Waals surface area contributed by atoms with Crippen LogP contribution in [0.3, 0.4) is 0 Å². The topological polar surface area (TPSA) is 40.5 Å². The first kappa shape index (κ1) is 14.2. The standard InChI is InChI=1S/C13H18BrNO2/c1-9(2)15(6-7-16)13(17)11-5-4-10(3)8-12(11)14/h4-5,8-9,16H,6-7H2,1-3H3. The van der Waals surface area contributed by atoms with Crippen molar-refractivity contribution in [3.8, 4) is 0 Å². The summed E-state index contributed by atoms with van der Waals surface area (Å²) >= 11 is 3.41. The zero-order valence-corrected chi connectivity index (χ0v) is 12.0. The van der Waals surface area contributed by atoms with Crippen LogP contribution in [0.25, 0.3) is 0 Å². The number of aliphatic hydroxyl groups is 1. The maximum atomic E-state index is 12.3. The predicted molar refractivity (Wildman–Crippen MR) is 72.1 cm³/mol. The summed E-state index contributed by atoms with van der Waals surface area (Å²) in [6.07, 6.45) is 0. The molecule has 1 amide bonds. The largest absolute Gasteiger partial charge is 0.395 e. The number of aryl methyl sites for hydroxylation is 1. The zero-order valence-electron chi connectivity index (χ0n) is 10.4. The van der Waals surface area contributed by atoms with Crippen LogP contribution in [0.1, 0.15) is 29.8 Å². The first-order chi connectivity index (χ1) is 7.97. The maximum Gasteiger partial charge on any atom is 0.255 e. The highest BCUT2D eigenvalue weighted by Crippen LogP contribution is 2.20. The van der Waals surface area contributed by atoms with Crippen molar-refractivity contribution in [3.63, 3.8) is 0 Å². The third-order valence-corrected chi connectivity index (χ3v) is 3.24. The first-order valence-corrected chi connectivity index (χ1v) is 6.44. The van der Waals surface area contributed by atoms with Crippen molar-refractivity contribution in [2.24, 2.45) is 0 Å². The van der Waals surface area contributed by atoms with Gasteiger partial charge < -0.3 is 10.0 Å². The Labute approximate surface area is 111 Å². The highest BCUT2D eigenvalue weighted by molar-refractivity contribution is 9.10. The molecule has 3 nitrogen and oxygen atoms in total. The summed E-state index contributed by atoms with van der Waals surface area (Å²) in [6, 6.07) is 5.72. The lowest BCUT2D eigenvalue weighted by atomic mass is 10.1. The lowest BCUT2D eigenvalue weighted by Crippen LogP contribution is -2.39. The molecule has 0 aliphatic carbocycles. The number of nitrogens with zero attached hydrogens (tertiary/aromatic N) is 1. The van der Waals surface area contributed by atoms with Gasteiger partial charge in [0.1, 0.15) is 0 Å². The van der Waals surface area contributed by atoms with Crippen LogP contribution in [-0.4, -0.2) is 35.1 Å². The van der Waals surface area contributed by atoms with Gasteiger partial charge in [-0.25, -0.2) is 0 Å². The van der Waals surface area contributed by atoms with Gasteiger partial charge in [0.2, 0.25) is 0 Å². The van der Waals surface area contributed by atoms with E-state index >= 15 is 0 Å². The van der Waals surface area contributed by atoms with Gasteiger partial charge in [0.25, 0.3) is 5.91 Å². The quantitative estimate of drug-likeness (QED) is 0.928. The molecule has 1 N–H and O–H groups in total. The fraction of sp³-hybridized carbons (Fsp3) is 0.462. The fourth-order valence-electron chi connectivity index (χ4n) is 1.65. The molecule has 4 heteroatoms. The molecule has 0 spiro atoms. The van der Waals surface area contributed by atoms with Crippen LogP contribution in [0, 0.1) is 6.92 Å². The van der Waals surface area contributed by atoms with Crippen molar-refractivity contribution < 1.29 is 9.90 Å². The Balaban J connectivity index is 3.01. The average Bonchev–Trinajstić information content (AvgIpc) is 2.24. The molecule has 0 unspecified atom stereocenters. The molecule has 0 bridgehead atoms. The van der Waals surface area contributed by atoms with Gasteiger partial charge in [-0.2, -0.15) is 0 Å². The number of carbonyl (C=O) groups is 1. The maximum absolute atomic E-state index is 12.3. The summed E-state index contributed by atoms with van der Waals surface area (Å²) < 4.78 is 0.797. The molecule has 0 saturated heterocycles. The van der Waals surface area contributed by atoms with Crippen LogP contribution < -0.4 is 0 Å². The number of halogens is 1. The van der Waals surface area contributed by atoms with E-state index in [4.69, 9.17) is 5.11 Å². The van der Waals surface area contributed by atoms with Crippen molar-refractivity contribution in [3.05, 3.63) is 33.8 Å². The summed E-state index contributed by atoms with van der Waals surface area (Å²) in [4.78, 5) is 14.0. The summed E-state index contributed by atoms with van der Waals surface area (Å²) in [5, 5.41) is 8.99. The molecule has 1 aromatic carbocycles. The smallest absolute Gasteiger partial charge is 0.255 e. The molecule has 0 fully saturated rings. The number of rotatable bonds is 4. The molecule has 17 heavy (non-hydrogen) atoms. The first-order valence-electron chi connectivity index (χ1n) is 5.65. The van der Waals surface area contributed by atoms with Crippen molar-refractivity contribution >= 4 is 21.8 Å². The molecule has 0 aliphatic rings. The SMILES string of the molecule is Cc1ccc(C(=O)N(CCO)C(C)C)c(Br)c1. The van der Waals surface area contributed by atoms with Crippen LogP contribution >= 0.6 is 15.9 Å². The van der Waals surface area contributed by atoms with E-state index in [2.05, 4.69) is 15.9 Å². The lowest BCUT2D eigenvalue weighted by Gasteiger charge is -2.26. The number of aliphatic hydroxyl groups excluding tert-OH is 1. The summed E-state index contributed by atoms with van der Waals surface area (Å²) in [5.41, 5.74) is 1.74. The monoisotopic (exact) mass is 299 g/mol. The second kappa shape index (κ2) is 6.17. The van der Waals surface area contributed by atoms with Gasteiger partial charge in [-0.1, -0.05) is 6.07 Å². The van der Waals surface area contributed by atoms with Gasteiger partial charge in [-0.3, -0.25) is 4.79 Å². The number of benzene rings is 1. The summed E-state index contributed by atoms with van der Waals surface area (Å²) in [7, 11) is 0. The van der Waals surface area contributed by atoms with Gasteiger partial charge >= 0.3 is 0 Å². The number of hydrogen-bond donors (Lipinski definition) is 1. The van der Waals surface area contributed by atoms with Crippen molar-refractivity contribution in [2.45, 2.75) is 26.8 Å². The minimum atomic E-state index is -0.0547. The molecule has 0 aromatic heterocycles. The minimum absolute atomic E-state index is 0.0204. The van der Waals surface area contributed by atoms with Gasteiger partial charge in [-0.05, 0) is 54.4 Å². The number of hydrogen-bond acceptors (Lipinski definition) is 2. The summed E-state index contributed by atoms with van der Waals surface area (Å²) in [6.45, 7) is 6.20. The van der Waals surface area contributed by atoms with E-state index in [1.165, 1.54) is 0 Å². The molecule has 0 heterocycles. The molecule has 1 aromatic rings. The Morgan fingerprint density at radius 2 is 2.12 bits per heavy atom. The molecule has 0 saturated carbocycles. The fourth-order valence-corrected chi connectivity index (χ4v) is 2.31. The molecule has 0 atom stereocenters. The second-order valence-corrected chi connectivity index (χ2v) is 5.15.